The molecule has 0 aliphatic carbocycles. The molecule has 0 aromatic heterocycles. The summed E-state index contributed by atoms with van der Waals surface area (Å²) in [7, 11) is 0. The Kier molecular flexibility index (Phi) is 5.24. The van der Waals surface area contributed by atoms with Crippen LogP contribution in [0.5, 0.6) is 0 Å². The molecule has 0 saturated carbocycles. The zero-order valence-electron chi connectivity index (χ0n) is 11.4. The molecule has 0 aliphatic heterocycles. The first-order valence-electron chi connectivity index (χ1n) is 6.15. The minimum absolute atomic E-state index is 0.0570. The maximum atomic E-state index is 11.7. The zero-order chi connectivity index (χ0) is 15.3. The van der Waals surface area contributed by atoms with Crippen molar-refractivity contribution in [1.82, 2.24) is 5.32 Å². The minimum Gasteiger partial charge on any atom is -0.545 e. The van der Waals surface area contributed by atoms with E-state index < -0.39 is 23.4 Å². The largest absolute Gasteiger partial charge is 0.545 e. The number of amides is 1. The van der Waals surface area contributed by atoms with E-state index in [1.54, 1.807) is 26.0 Å². The van der Waals surface area contributed by atoms with Crippen LogP contribution < -0.4 is 10.4 Å². The highest BCUT2D eigenvalue weighted by Gasteiger charge is 2.32. The lowest BCUT2D eigenvalue weighted by Gasteiger charge is -2.27. The van der Waals surface area contributed by atoms with Crippen LogP contribution in [0.1, 0.15) is 29.8 Å². The van der Waals surface area contributed by atoms with E-state index in [2.05, 4.69) is 5.32 Å². The molecule has 1 aromatic carbocycles. The Labute approximate surface area is 117 Å². The molecule has 0 unspecified atom stereocenters. The number of aliphatic hydroxyl groups is 2. The van der Waals surface area contributed by atoms with E-state index >= 15 is 0 Å². The van der Waals surface area contributed by atoms with E-state index in [0.29, 0.717) is 5.56 Å². The number of aromatic carboxylic acids is 1. The second kappa shape index (κ2) is 6.49. The first-order chi connectivity index (χ1) is 9.27. The van der Waals surface area contributed by atoms with Crippen molar-refractivity contribution in [2.24, 2.45) is 5.41 Å². The minimum atomic E-state index is -1.32. The van der Waals surface area contributed by atoms with Crippen molar-refractivity contribution in [3.8, 4) is 0 Å². The number of carboxylic acid groups (broad SMARTS) is 1. The van der Waals surface area contributed by atoms with Gasteiger partial charge in [0.25, 0.3) is 0 Å². The predicted molar refractivity (Wildman–Crippen MR) is 69.5 cm³/mol. The predicted octanol–water partition coefficient (Wildman–Crippen LogP) is -0.954. The average molecular weight is 280 g/mol. The van der Waals surface area contributed by atoms with Gasteiger partial charge in [-0.1, -0.05) is 38.1 Å². The van der Waals surface area contributed by atoms with Gasteiger partial charge in [-0.05, 0) is 11.1 Å². The molecule has 1 amide bonds. The number of hydrogen-bond acceptors (Lipinski definition) is 5. The van der Waals surface area contributed by atoms with Crippen molar-refractivity contribution in [2.75, 3.05) is 6.61 Å². The van der Waals surface area contributed by atoms with E-state index in [1.165, 1.54) is 12.1 Å². The number of aliphatic hydroxyl groups excluding tert-OH is 2. The second-order valence-corrected chi connectivity index (χ2v) is 5.25. The van der Waals surface area contributed by atoms with Crippen LogP contribution in [0, 0.1) is 5.41 Å². The monoisotopic (exact) mass is 280 g/mol. The van der Waals surface area contributed by atoms with Gasteiger partial charge >= 0.3 is 0 Å². The maximum absolute atomic E-state index is 11.7. The van der Waals surface area contributed by atoms with Gasteiger partial charge in [-0.15, -0.1) is 0 Å². The van der Waals surface area contributed by atoms with Crippen molar-refractivity contribution < 1.29 is 24.9 Å². The Morgan fingerprint density at radius 3 is 2.30 bits per heavy atom. The summed E-state index contributed by atoms with van der Waals surface area (Å²) in [6.45, 7) is 2.99. The summed E-state index contributed by atoms with van der Waals surface area (Å²) in [6.07, 6.45) is -1.32. The van der Waals surface area contributed by atoms with Crippen LogP contribution in [0.15, 0.2) is 24.3 Å². The van der Waals surface area contributed by atoms with Gasteiger partial charge in [0.15, 0.2) is 0 Å². The number of carboxylic acids is 1. The Bertz CT molecular complexity index is 481. The van der Waals surface area contributed by atoms with E-state index in [-0.39, 0.29) is 18.7 Å². The molecule has 0 saturated heterocycles. The fourth-order valence-corrected chi connectivity index (χ4v) is 1.49. The molecular formula is C14H18NO5-. The molecule has 0 spiro atoms. The lowest BCUT2D eigenvalue weighted by atomic mass is 9.87. The van der Waals surface area contributed by atoms with E-state index in [0.717, 1.165) is 0 Å². The van der Waals surface area contributed by atoms with Crippen molar-refractivity contribution >= 4 is 11.9 Å². The first-order valence-corrected chi connectivity index (χ1v) is 6.15. The third-order valence-corrected chi connectivity index (χ3v) is 3.05. The molecule has 0 fully saturated rings. The van der Waals surface area contributed by atoms with Crippen LogP contribution in [0.3, 0.4) is 0 Å². The first kappa shape index (κ1) is 16.1. The Hall–Kier alpha value is -1.92. The molecule has 0 radical (unpaired) electrons. The number of benzene rings is 1. The van der Waals surface area contributed by atoms with Gasteiger partial charge in [-0.3, -0.25) is 4.79 Å². The number of rotatable bonds is 6. The molecule has 0 heterocycles. The number of carbonyl (C=O) groups excluding carboxylic acids is 2. The lowest BCUT2D eigenvalue weighted by molar-refractivity contribution is -0.255. The molecule has 110 valence electrons. The fraction of sp³-hybridized carbons (Fsp3) is 0.429. The molecule has 1 rings (SSSR count). The van der Waals surface area contributed by atoms with Crippen molar-refractivity contribution in [2.45, 2.75) is 26.5 Å². The Balaban J connectivity index is 2.59. The number of nitrogens with one attached hydrogen (secondary N) is 1. The summed E-state index contributed by atoms with van der Waals surface area (Å²) in [5, 5.41) is 32.0. The topological polar surface area (TPSA) is 110 Å². The van der Waals surface area contributed by atoms with Gasteiger partial charge in [-0.25, -0.2) is 0 Å². The molecule has 1 atom stereocenters. The fourth-order valence-electron chi connectivity index (χ4n) is 1.49. The van der Waals surface area contributed by atoms with Crippen molar-refractivity contribution in [3.63, 3.8) is 0 Å². The van der Waals surface area contributed by atoms with Crippen LogP contribution in [0.25, 0.3) is 0 Å². The van der Waals surface area contributed by atoms with Crippen LogP contribution in [-0.4, -0.2) is 34.8 Å². The Morgan fingerprint density at radius 2 is 1.85 bits per heavy atom. The lowest BCUT2D eigenvalue weighted by Crippen LogP contribution is -2.45. The molecule has 0 aliphatic rings. The highest BCUT2D eigenvalue weighted by molar-refractivity contribution is 5.85. The molecule has 3 N–H and O–H groups in total. The van der Waals surface area contributed by atoms with Gasteiger partial charge in [0.1, 0.15) is 6.10 Å². The number of hydrogen-bond donors (Lipinski definition) is 3. The summed E-state index contributed by atoms with van der Waals surface area (Å²) in [5.74, 6) is -1.85. The van der Waals surface area contributed by atoms with E-state index in [1.807, 2.05) is 0 Å². The molecular weight excluding hydrogens is 262 g/mol. The normalized spacial score (nSPS) is 12.8. The highest BCUT2D eigenvalue weighted by atomic mass is 16.4. The molecule has 20 heavy (non-hydrogen) atoms. The molecule has 6 heteroatoms. The van der Waals surface area contributed by atoms with Gasteiger partial charge in [0.2, 0.25) is 5.91 Å². The van der Waals surface area contributed by atoms with Crippen LogP contribution in [0.2, 0.25) is 0 Å². The SMILES string of the molecule is CC(C)(CO)[C@@H](O)C(=O)NCc1ccc(C(=O)[O-])cc1. The standard InChI is InChI=1S/C14H19NO5/c1-14(2,8-16)11(17)12(18)15-7-9-3-5-10(6-4-9)13(19)20/h3-6,11,16-17H,7-8H2,1-2H3,(H,15,18)(H,19,20)/p-1/t11-/m0/s1. The summed E-state index contributed by atoms with van der Waals surface area (Å²) < 4.78 is 0. The van der Waals surface area contributed by atoms with Crippen molar-refractivity contribution in [3.05, 3.63) is 35.4 Å². The van der Waals surface area contributed by atoms with Gasteiger partial charge in [0.05, 0.1) is 12.6 Å². The second-order valence-electron chi connectivity index (χ2n) is 5.25. The smallest absolute Gasteiger partial charge is 0.249 e. The average Bonchev–Trinajstić information content (AvgIpc) is 2.44. The van der Waals surface area contributed by atoms with Crippen LogP contribution in [-0.2, 0) is 11.3 Å². The molecule has 1 aromatic rings. The molecule has 6 nitrogen and oxygen atoms in total. The Morgan fingerprint density at radius 1 is 1.30 bits per heavy atom. The maximum Gasteiger partial charge on any atom is 0.249 e. The van der Waals surface area contributed by atoms with E-state index in [9.17, 15) is 19.8 Å². The summed E-state index contributed by atoms with van der Waals surface area (Å²) in [6, 6.07) is 5.86. The number of carbonyl (C=O) groups is 2. The highest BCUT2D eigenvalue weighted by Crippen LogP contribution is 2.19. The van der Waals surface area contributed by atoms with Crippen LogP contribution >= 0.6 is 0 Å². The third-order valence-electron chi connectivity index (χ3n) is 3.05. The summed E-state index contributed by atoms with van der Waals surface area (Å²) >= 11 is 0. The van der Waals surface area contributed by atoms with Crippen molar-refractivity contribution in [1.29, 1.82) is 0 Å². The summed E-state index contributed by atoms with van der Waals surface area (Å²) in [4.78, 5) is 22.3. The summed E-state index contributed by atoms with van der Waals surface area (Å²) in [5.41, 5.74) is -0.179. The molecule has 0 bridgehead atoms. The van der Waals surface area contributed by atoms with Crippen LogP contribution in [0.4, 0.5) is 0 Å². The zero-order valence-corrected chi connectivity index (χ0v) is 11.4. The quantitative estimate of drug-likeness (QED) is 0.622. The third kappa shape index (κ3) is 4.04. The van der Waals surface area contributed by atoms with Gasteiger partial charge < -0.3 is 25.4 Å². The van der Waals surface area contributed by atoms with Gasteiger partial charge in [-0.2, -0.15) is 0 Å². The van der Waals surface area contributed by atoms with Gasteiger partial charge in [0, 0.05) is 12.0 Å². The van der Waals surface area contributed by atoms with E-state index in [4.69, 9.17) is 5.11 Å².